The number of rotatable bonds is 4. The van der Waals surface area contributed by atoms with Crippen molar-refractivity contribution in [1.82, 2.24) is 4.98 Å². The van der Waals surface area contributed by atoms with Crippen LogP contribution in [0.15, 0.2) is 36.4 Å². The molecule has 0 aliphatic carbocycles. The fourth-order valence-corrected chi connectivity index (χ4v) is 1.71. The van der Waals surface area contributed by atoms with E-state index in [4.69, 9.17) is 5.26 Å². The SMILES string of the molecule is Cc1ccc([N+](=O)[O-])c(NCc2ccc(C#N)cc2)n1. The van der Waals surface area contributed by atoms with Gasteiger partial charge in [-0.2, -0.15) is 5.26 Å². The summed E-state index contributed by atoms with van der Waals surface area (Å²) in [4.78, 5) is 14.6. The molecule has 2 aromatic rings. The molecule has 0 atom stereocenters. The average Bonchev–Trinajstić information content (AvgIpc) is 2.45. The zero-order valence-corrected chi connectivity index (χ0v) is 10.8. The quantitative estimate of drug-likeness (QED) is 0.680. The second-order valence-electron chi connectivity index (χ2n) is 4.24. The molecule has 1 aromatic carbocycles. The number of hydrogen-bond acceptors (Lipinski definition) is 5. The van der Waals surface area contributed by atoms with Gasteiger partial charge in [0.1, 0.15) is 0 Å². The number of benzene rings is 1. The van der Waals surface area contributed by atoms with E-state index in [-0.39, 0.29) is 11.5 Å². The highest BCUT2D eigenvalue weighted by Gasteiger charge is 2.14. The molecule has 0 saturated heterocycles. The normalized spacial score (nSPS) is 9.80. The van der Waals surface area contributed by atoms with Crippen molar-refractivity contribution >= 4 is 11.5 Å². The Kier molecular flexibility index (Phi) is 3.91. The third-order valence-electron chi connectivity index (χ3n) is 2.75. The monoisotopic (exact) mass is 268 g/mol. The molecule has 0 unspecified atom stereocenters. The second-order valence-corrected chi connectivity index (χ2v) is 4.24. The van der Waals surface area contributed by atoms with Gasteiger partial charge in [0.2, 0.25) is 5.82 Å². The van der Waals surface area contributed by atoms with Crippen LogP contribution >= 0.6 is 0 Å². The Morgan fingerprint density at radius 2 is 2.00 bits per heavy atom. The maximum atomic E-state index is 10.9. The summed E-state index contributed by atoms with van der Waals surface area (Å²) in [7, 11) is 0. The molecule has 1 aromatic heterocycles. The lowest BCUT2D eigenvalue weighted by Gasteiger charge is -2.07. The zero-order chi connectivity index (χ0) is 14.5. The molecule has 6 heteroatoms. The van der Waals surface area contributed by atoms with Gasteiger partial charge >= 0.3 is 5.69 Å². The number of aromatic nitrogens is 1. The minimum absolute atomic E-state index is 0.0516. The first-order valence-corrected chi connectivity index (χ1v) is 5.95. The third-order valence-corrected chi connectivity index (χ3v) is 2.75. The lowest BCUT2D eigenvalue weighted by atomic mass is 10.1. The van der Waals surface area contributed by atoms with Crippen LogP contribution in [-0.2, 0) is 6.54 Å². The van der Waals surface area contributed by atoms with Crippen LogP contribution in [0, 0.1) is 28.4 Å². The summed E-state index contributed by atoms with van der Waals surface area (Å²) in [6, 6.07) is 12.1. The van der Waals surface area contributed by atoms with Gasteiger partial charge in [0.05, 0.1) is 16.6 Å². The number of nitrogens with zero attached hydrogens (tertiary/aromatic N) is 3. The van der Waals surface area contributed by atoms with Crippen LogP contribution in [0.25, 0.3) is 0 Å². The molecule has 0 aliphatic rings. The van der Waals surface area contributed by atoms with Gasteiger partial charge in [-0.05, 0) is 30.7 Å². The maximum absolute atomic E-state index is 10.9. The fraction of sp³-hybridized carbons (Fsp3) is 0.143. The molecular weight excluding hydrogens is 256 g/mol. The van der Waals surface area contributed by atoms with Crippen molar-refractivity contribution in [3.05, 3.63) is 63.3 Å². The van der Waals surface area contributed by atoms with E-state index in [1.165, 1.54) is 6.07 Å². The van der Waals surface area contributed by atoms with Crippen molar-refractivity contribution in [2.45, 2.75) is 13.5 Å². The number of nitro groups is 1. The van der Waals surface area contributed by atoms with Gasteiger partial charge in [-0.25, -0.2) is 4.98 Å². The Morgan fingerprint density at radius 3 is 2.60 bits per heavy atom. The van der Waals surface area contributed by atoms with Crippen LogP contribution in [0.1, 0.15) is 16.8 Å². The highest BCUT2D eigenvalue weighted by molar-refractivity contribution is 5.56. The van der Waals surface area contributed by atoms with Crippen LogP contribution in [0.2, 0.25) is 0 Å². The molecule has 0 amide bonds. The number of aryl methyl sites for hydroxylation is 1. The van der Waals surface area contributed by atoms with Crippen LogP contribution in [0.4, 0.5) is 11.5 Å². The smallest absolute Gasteiger partial charge is 0.311 e. The van der Waals surface area contributed by atoms with Gasteiger partial charge in [0, 0.05) is 18.3 Å². The summed E-state index contributed by atoms with van der Waals surface area (Å²) in [5.41, 5.74) is 2.15. The highest BCUT2D eigenvalue weighted by Crippen LogP contribution is 2.22. The molecule has 100 valence electrons. The van der Waals surface area contributed by atoms with Gasteiger partial charge in [0.15, 0.2) is 0 Å². The van der Waals surface area contributed by atoms with E-state index >= 15 is 0 Å². The largest absolute Gasteiger partial charge is 0.360 e. The molecule has 6 nitrogen and oxygen atoms in total. The molecule has 0 spiro atoms. The third kappa shape index (κ3) is 3.09. The fourth-order valence-electron chi connectivity index (χ4n) is 1.71. The van der Waals surface area contributed by atoms with E-state index in [2.05, 4.69) is 10.3 Å². The molecule has 0 saturated carbocycles. The van der Waals surface area contributed by atoms with Crippen LogP contribution in [-0.4, -0.2) is 9.91 Å². The predicted octanol–water partition coefficient (Wildman–Crippen LogP) is 2.78. The zero-order valence-electron chi connectivity index (χ0n) is 10.8. The number of nitriles is 1. The number of pyridine rings is 1. The van der Waals surface area contributed by atoms with Crippen LogP contribution in [0.3, 0.4) is 0 Å². The first kappa shape index (κ1) is 13.5. The minimum atomic E-state index is -0.465. The van der Waals surface area contributed by atoms with Gasteiger partial charge in [0.25, 0.3) is 0 Å². The summed E-state index contributed by atoms with van der Waals surface area (Å²) in [5, 5.41) is 22.6. The van der Waals surface area contributed by atoms with Crippen molar-refractivity contribution in [3.63, 3.8) is 0 Å². The molecule has 0 aliphatic heterocycles. The standard InChI is InChI=1S/C14H12N4O2/c1-10-2-7-13(18(19)20)14(17-10)16-9-12-5-3-11(8-15)4-6-12/h2-7H,9H2,1H3,(H,16,17). The Balaban J connectivity index is 2.15. The Morgan fingerprint density at radius 1 is 1.30 bits per heavy atom. The second kappa shape index (κ2) is 5.80. The lowest BCUT2D eigenvalue weighted by molar-refractivity contribution is -0.384. The van der Waals surface area contributed by atoms with Gasteiger partial charge < -0.3 is 5.32 Å². The van der Waals surface area contributed by atoms with E-state index in [0.29, 0.717) is 17.8 Å². The highest BCUT2D eigenvalue weighted by atomic mass is 16.6. The van der Waals surface area contributed by atoms with E-state index in [1.807, 2.05) is 6.07 Å². The Bertz CT molecular complexity index is 675. The van der Waals surface area contributed by atoms with Crippen molar-refractivity contribution in [2.75, 3.05) is 5.32 Å². The van der Waals surface area contributed by atoms with Crippen molar-refractivity contribution in [2.24, 2.45) is 0 Å². The summed E-state index contributed by atoms with van der Waals surface area (Å²) < 4.78 is 0. The topological polar surface area (TPSA) is 91.9 Å². The Hall–Kier alpha value is -2.94. The van der Waals surface area contributed by atoms with Gasteiger partial charge in [-0.15, -0.1) is 0 Å². The van der Waals surface area contributed by atoms with Crippen molar-refractivity contribution in [3.8, 4) is 6.07 Å². The average molecular weight is 268 g/mol. The van der Waals surface area contributed by atoms with Crippen molar-refractivity contribution in [1.29, 1.82) is 5.26 Å². The molecule has 20 heavy (non-hydrogen) atoms. The Labute approximate surface area is 115 Å². The lowest BCUT2D eigenvalue weighted by Crippen LogP contribution is -2.05. The van der Waals surface area contributed by atoms with Crippen LogP contribution in [0.5, 0.6) is 0 Å². The van der Waals surface area contributed by atoms with E-state index in [0.717, 1.165) is 5.56 Å². The number of nitrogens with one attached hydrogen (secondary N) is 1. The number of anilines is 1. The van der Waals surface area contributed by atoms with Gasteiger partial charge in [-0.3, -0.25) is 10.1 Å². The molecule has 0 radical (unpaired) electrons. The molecule has 1 heterocycles. The summed E-state index contributed by atoms with van der Waals surface area (Å²) in [6.45, 7) is 2.18. The molecule has 0 fully saturated rings. The van der Waals surface area contributed by atoms with E-state index in [1.54, 1.807) is 37.3 Å². The van der Waals surface area contributed by atoms with E-state index < -0.39 is 4.92 Å². The van der Waals surface area contributed by atoms with Crippen molar-refractivity contribution < 1.29 is 4.92 Å². The molecule has 1 N–H and O–H groups in total. The summed E-state index contributed by atoms with van der Waals surface area (Å²) in [6.07, 6.45) is 0. The molecular formula is C14H12N4O2. The molecule has 0 bridgehead atoms. The van der Waals surface area contributed by atoms with E-state index in [9.17, 15) is 10.1 Å². The van der Waals surface area contributed by atoms with Gasteiger partial charge in [-0.1, -0.05) is 12.1 Å². The number of hydrogen-bond donors (Lipinski definition) is 1. The summed E-state index contributed by atoms with van der Waals surface area (Å²) in [5.74, 6) is 0.249. The molecule has 2 rings (SSSR count). The van der Waals surface area contributed by atoms with Crippen LogP contribution < -0.4 is 5.32 Å². The first-order chi connectivity index (χ1) is 9.60. The first-order valence-electron chi connectivity index (χ1n) is 5.95. The predicted molar refractivity (Wildman–Crippen MR) is 74.1 cm³/mol. The maximum Gasteiger partial charge on any atom is 0.311 e. The summed E-state index contributed by atoms with van der Waals surface area (Å²) >= 11 is 0. The minimum Gasteiger partial charge on any atom is -0.360 e.